The summed E-state index contributed by atoms with van der Waals surface area (Å²) in [4.78, 5) is 0. The molecule has 4 rings (SSSR count). The molecule has 3 aromatic carbocycles. The lowest BCUT2D eigenvalue weighted by atomic mass is 10.1. The van der Waals surface area contributed by atoms with Gasteiger partial charge in [0.1, 0.15) is 13.1 Å². The first-order valence-electron chi connectivity index (χ1n) is 8.77. The predicted octanol–water partition coefficient (Wildman–Crippen LogP) is 1.65. The van der Waals surface area contributed by atoms with Crippen molar-refractivity contribution in [2.75, 3.05) is 0 Å². The number of imidazole rings is 1. The van der Waals surface area contributed by atoms with Crippen molar-refractivity contribution in [2.24, 2.45) is 0 Å². The van der Waals surface area contributed by atoms with Gasteiger partial charge in [0.05, 0.1) is 0 Å². The molecule has 0 radical (unpaired) electrons. The van der Waals surface area contributed by atoms with Crippen LogP contribution in [0.5, 0.6) is 0 Å². The summed E-state index contributed by atoms with van der Waals surface area (Å²) in [5.41, 5.74) is 7.82. The van der Waals surface area contributed by atoms with Gasteiger partial charge in [0, 0.05) is 0 Å². The zero-order chi connectivity index (χ0) is 17.2. The number of hydrogen-bond acceptors (Lipinski definition) is 0. The highest BCUT2D eigenvalue weighted by molar-refractivity contribution is 5.71. The fraction of sp³-hybridized carbons (Fsp3) is 0.174. The first-order chi connectivity index (χ1) is 12.2. The van der Waals surface area contributed by atoms with Crippen LogP contribution in [0.4, 0.5) is 0 Å². The van der Waals surface area contributed by atoms with E-state index in [0.29, 0.717) is 0 Å². The van der Waals surface area contributed by atoms with Gasteiger partial charge in [0.15, 0.2) is 11.0 Å². The minimum atomic E-state index is 0. The normalized spacial score (nSPS) is 10.7. The van der Waals surface area contributed by atoms with Crippen LogP contribution in [-0.4, -0.2) is 4.57 Å². The van der Waals surface area contributed by atoms with Crippen LogP contribution < -0.4 is 17.0 Å². The molecule has 0 atom stereocenters. The third kappa shape index (κ3) is 3.81. The Kier molecular flexibility index (Phi) is 5.43. The van der Waals surface area contributed by atoms with E-state index in [4.69, 9.17) is 0 Å². The first-order valence-corrected chi connectivity index (χ1v) is 8.77. The van der Waals surface area contributed by atoms with Crippen molar-refractivity contribution in [3.8, 4) is 0 Å². The van der Waals surface area contributed by atoms with Crippen LogP contribution in [0, 0.1) is 13.8 Å². The van der Waals surface area contributed by atoms with E-state index in [-0.39, 0.29) is 12.4 Å². The number of nitrogens with zero attached hydrogens (tertiary/aromatic N) is 2. The van der Waals surface area contributed by atoms with Crippen LogP contribution in [0.2, 0.25) is 0 Å². The predicted molar refractivity (Wildman–Crippen MR) is 103 cm³/mol. The monoisotopic (exact) mass is 362 g/mol. The van der Waals surface area contributed by atoms with E-state index in [2.05, 4.69) is 102 Å². The van der Waals surface area contributed by atoms with E-state index >= 15 is 0 Å². The largest absolute Gasteiger partial charge is 1.00 e. The van der Waals surface area contributed by atoms with E-state index < -0.39 is 0 Å². The van der Waals surface area contributed by atoms with Crippen molar-refractivity contribution < 1.29 is 17.0 Å². The molecule has 1 heterocycles. The van der Waals surface area contributed by atoms with Gasteiger partial charge in [-0.1, -0.05) is 71.8 Å². The highest BCUT2D eigenvalue weighted by Gasteiger charge is 2.15. The van der Waals surface area contributed by atoms with Crippen molar-refractivity contribution >= 4 is 11.0 Å². The Morgan fingerprint density at radius 3 is 2.31 bits per heavy atom. The summed E-state index contributed by atoms with van der Waals surface area (Å²) < 4.78 is 4.69. The zero-order valence-electron chi connectivity index (χ0n) is 15.2. The maximum absolute atomic E-state index is 2.35. The van der Waals surface area contributed by atoms with Gasteiger partial charge in [0.25, 0.3) is 0 Å². The van der Waals surface area contributed by atoms with Crippen molar-refractivity contribution in [2.45, 2.75) is 26.9 Å². The molecule has 0 amide bonds. The molecule has 3 heteroatoms. The van der Waals surface area contributed by atoms with Crippen LogP contribution in [0.1, 0.15) is 22.3 Å². The molecule has 0 aliphatic carbocycles. The fourth-order valence-electron chi connectivity index (χ4n) is 3.39. The standard InChI is InChI=1S/C23H23N2.ClH/c1-18-10-12-20(13-11-18)15-24-17-25(23-9-4-3-8-22(23)24)16-21-7-5-6-19(2)14-21;/h3-14,17H,15-16H2,1-2H3;1H/q+1;/p-1. The average Bonchev–Trinajstić information content (AvgIpc) is 2.95. The van der Waals surface area contributed by atoms with Crippen LogP contribution in [0.15, 0.2) is 79.1 Å². The minimum absolute atomic E-state index is 0. The topological polar surface area (TPSA) is 8.81 Å². The number of para-hydroxylation sites is 2. The molecule has 0 saturated carbocycles. The summed E-state index contributed by atoms with van der Waals surface area (Å²) in [5.74, 6) is 0. The summed E-state index contributed by atoms with van der Waals surface area (Å²) >= 11 is 0. The van der Waals surface area contributed by atoms with Crippen molar-refractivity contribution in [3.63, 3.8) is 0 Å². The third-order valence-electron chi connectivity index (χ3n) is 4.69. The summed E-state index contributed by atoms with van der Waals surface area (Å²) in [5, 5.41) is 0. The molecule has 0 N–H and O–H groups in total. The Labute approximate surface area is 161 Å². The number of aromatic nitrogens is 2. The van der Waals surface area contributed by atoms with E-state index in [9.17, 15) is 0 Å². The Hall–Kier alpha value is -2.58. The van der Waals surface area contributed by atoms with Gasteiger partial charge in [-0.3, -0.25) is 0 Å². The van der Waals surface area contributed by atoms with Gasteiger partial charge >= 0.3 is 0 Å². The molecule has 132 valence electrons. The van der Waals surface area contributed by atoms with Crippen LogP contribution in [-0.2, 0) is 13.1 Å². The number of hydrogen-bond donors (Lipinski definition) is 0. The Morgan fingerprint density at radius 1 is 0.769 bits per heavy atom. The summed E-state index contributed by atoms with van der Waals surface area (Å²) in [6.45, 7) is 6.06. The zero-order valence-corrected chi connectivity index (χ0v) is 15.9. The second-order valence-electron chi connectivity index (χ2n) is 6.83. The first kappa shape index (κ1) is 18.2. The summed E-state index contributed by atoms with van der Waals surface area (Å²) in [6, 6.07) is 26.2. The Morgan fingerprint density at radius 2 is 1.54 bits per heavy atom. The smallest absolute Gasteiger partial charge is 0.245 e. The SMILES string of the molecule is Cc1ccc(Cn2c[n+](Cc3cccc(C)c3)c3ccccc32)cc1.[Cl-]. The average molecular weight is 363 g/mol. The lowest BCUT2D eigenvalue weighted by molar-refractivity contribution is -0.663. The second-order valence-corrected chi connectivity index (χ2v) is 6.83. The lowest BCUT2D eigenvalue weighted by Crippen LogP contribution is -3.00. The Balaban J connectivity index is 0.00000196. The Bertz CT molecular complexity index is 1020. The molecular weight excluding hydrogens is 340 g/mol. The number of aryl methyl sites for hydroxylation is 2. The molecule has 26 heavy (non-hydrogen) atoms. The number of benzene rings is 3. The fourth-order valence-corrected chi connectivity index (χ4v) is 3.39. The van der Waals surface area contributed by atoms with Crippen molar-refractivity contribution in [3.05, 3.63) is 101 Å². The highest BCUT2D eigenvalue weighted by atomic mass is 35.5. The third-order valence-corrected chi connectivity index (χ3v) is 4.69. The van der Waals surface area contributed by atoms with E-state index in [0.717, 1.165) is 13.1 Å². The molecular formula is C23H23ClN2. The van der Waals surface area contributed by atoms with Gasteiger partial charge in [-0.2, -0.15) is 0 Å². The molecule has 1 aromatic heterocycles. The molecule has 0 aliphatic heterocycles. The van der Waals surface area contributed by atoms with Gasteiger partial charge in [0.2, 0.25) is 6.33 Å². The van der Waals surface area contributed by atoms with E-state index in [1.165, 1.54) is 33.3 Å². The molecule has 0 fully saturated rings. The maximum Gasteiger partial charge on any atom is 0.245 e. The van der Waals surface area contributed by atoms with E-state index in [1.54, 1.807) is 0 Å². The van der Waals surface area contributed by atoms with Gasteiger partial charge < -0.3 is 12.4 Å². The van der Waals surface area contributed by atoms with Crippen molar-refractivity contribution in [1.82, 2.24) is 4.57 Å². The molecule has 0 spiro atoms. The molecule has 4 aromatic rings. The van der Waals surface area contributed by atoms with Gasteiger partial charge in [-0.15, -0.1) is 0 Å². The van der Waals surface area contributed by atoms with Gasteiger partial charge in [-0.25, -0.2) is 9.13 Å². The van der Waals surface area contributed by atoms with E-state index in [1.807, 2.05) is 0 Å². The summed E-state index contributed by atoms with van der Waals surface area (Å²) in [6.07, 6.45) is 2.24. The highest BCUT2D eigenvalue weighted by Crippen LogP contribution is 2.15. The van der Waals surface area contributed by atoms with Crippen LogP contribution >= 0.6 is 0 Å². The molecule has 0 unspecified atom stereocenters. The number of rotatable bonds is 4. The number of halogens is 1. The van der Waals surface area contributed by atoms with Crippen LogP contribution in [0.25, 0.3) is 11.0 Å². The molecule has 0 aliphatic rings. The maximum atomic E-state index is 2.35. The molecule has 2 nitrogen and oxygen atoms in total. The van der Waals surface area contributed by atoms with Crippen LogP contribution in [0.3, 0.4) is 0 Å². The quantitative estimate of drug-likeness (QED) is 0.488. The summed E-state index contributed by atoms with van der Waals surface area (Å²) in [7, 11) is 0. The number of fused-ring (bicyclic) bond motifs is 1. The lowest BCUT2D eigenvalue weighted by Gasteiger charge is -2.00. The van der Waals surface area contributed by atoms with Gasteiger partial charge in [-0.05, 0) is 37.1 Å². The minimum Gasteiger partial charge on any atom is -1.00 e. The molecule has 0 saturated heterocycles. The second kappa shape index (κ2) is 7.76. The molecule has 0 bridgehead atoms. The van der Waals surface area contributed by atoms with Crippen molar-refractivity contribution in [1.29, 1.82) is 0 Å².